The molecule has 1 aromatic carbocycles. The zero-order valence-electron chi connectivity index (χ0n) is 12.6. The average molecular weight is 315 g/mol. The lowest BCUT2D eigenvalue weighted by Crippen LogP contribution is -2.39. The molecule has 0 bridgehead atoms. The zero-order chi connectivity index (χ0) is 16.1. The predicted octanol–water partition coefficient (Wildman–Crippen LogP) is 2.89. The van der Waals surface area contributed by atoms with E-state index in [1.165, 1.54) is 18.2 Å². The highest BCUT2D eigenvalue weighted by molar-refractivity contribution is 5.80. The second kappa shape index (κ2) is 7.38. The topological polar surface area (TPSA) is 45.7 Å². The van der Waals surface area contributed by atoms with Crippen LogP contribution in [-0.4, -0.2) is 25.2 Å². The number of rotatable bonds is 6. The smallest absolute Gasteiger partial charge is 0.387 e. The number of nitrogens with one attached hydrogen (secondary N) is 2. The summed E-state index contributed by atoms with van der Waals surface area (Å²) in [7, 11) is 0. The monoisotopic (exact) mass is 315 g/mol. The molecule has 1 fully saturated rings. The molecule has 0 spiro atoms. The van der Waals surface area contributed by atoms with Crippen molar-refractivity contribution in [1.82, 2.24) is 10.6 Å². The Bertz CT molecular complexity index is 537. The first-order valence-electron chi connectivity index (χ1n) is 7.28. The van der Waals surface area contributed by atoms with Gasteiger partial charge in [0.1, 0.15) is 11.6 Å². The molecule has 7 heteroatoms. The Morgan fingerprint density at radius 1 is 1.45 bits per heavy atom. The third-order valence-electron chi connectivity index (χ3n) is 3.46. The number of benzene rings is 1. The van der Waals surface area contributed by atoms with Crippen LogP contribution in [0.25, 0.3) is 0 Å². The molecule has 2 unspecified atom stereocenters. The minimum Gasteiger partial charge on any atom is -0.434 e. The third kappa shape index (κ3) is 4.54. The molecule has 1 aromatic rings. The number of alkyl halides is 2. The van der Waals surface area contributed by atoms with E-state index in [2.05, 4.69) is 27.3 Å². The first kappa shape index (κ1) is 16.5. The molecule has 0 heterocycles. The molecule has 0 amide bonds. The van der Waals surface area contributed by atoms with E-state index in [9.17, 15) is 13.2 Å². The second-order valence-electron chi connectivity index (χ2n) is 5.25. The van der Waals surface area contributed by atoms with Crippen molar-refractivity contribution < 1.29 is 17.9 Å². The molecular weight excluding hydrogens is 295 g/mol. The number of guanidine groups is 1. The molecular formula is C15H20F3N3O. The summed E-state index contributed by atoms with van der Waals surface area (Å²) < 4.78 is 42.9. The fourth-order valence-electron chi connectivity index (χ4n) is 2.08. The van der Waals surface area contributed by atoms with E-state index < -0.39 is 12.4 Å². The Labute approximate surface area is 127 Å². The first-order valence-corrected chi connectivity index (χ1v) is 7.28. The molecule has 1 aliphatic carbocycles. The van der Waals surface area contributed by atoms with Crippen LogP contribution in [-0.2, 0) is 6.54 Å². The Hall–Kier alpha value is -1.92. The largest absolute Gasteiger partial charge is 0.434 e. The molecule has 2 N–H and O–H groups in total. The summed E-state index contributed by atoms with van der Waals surface area (Å²) in [6.45, 7) is 1.62. The number of aliphatic imine (C=N–C) groups is 1. The van der Waals surface area contributed by atoms with Gasteiger partial charge in [-0.1, -0.05) is 13.0 Å². The zero-order valence-corrected chi connectivity index (χ0v) is 12.6. The number of hydrogen-bond acceptors (Lipinski definition) is 2. The van der Waals surface area contributed by atoms with Gasteiger partial charge < -0.3 is 15.4 Å². The van der Waals surface area contributed by atoms with Gasteiger partial charge in [0.15, 0.2) is 5.96 Å². The van der Waals surface area contributed by atoms with E-state index >= 15 is 0 Å². The van der Waals surface area contributed by atoms with E-state index in [0.717, 1.165) is 6.42 Å². The molecule has 0 saturated heterocycles. The minimum absolute atomic E-state index is 0.0175. The summed E-state index contributed by atoms with van der Waals surface area (Å²) in [6.07, 6.45) is 1.06. The number of hydrogen-bond donors (Lipinski definition) is 2. The third-order valence-corrected chi connectivity index (χ3v) is 3.46. The van der Waals surface area contributed by atoms with Crippen molar-refractivity contribution in [3.8, 4) is 5.75 Å². The van der Waals surface area contributed by atoms with Crippen LogP contribution in [0, 0.1) is 11.7 Å². The molecule has 0 aliphatic heterocycles. The van der Waals surface area contributed by atoms with Gasteiger partial charge >= 0.3 is 6.61 Å². The van der Waals surface area contributed by atoms with Gasteiger partial charge in [-0.2, -0.15) is 8.78 Å². The van der Waals surface area contributed by atoms with Crippen LogP contribution in [0.5, 0.6) is 5.75 Å². The predicted molar refractivity (Wildman–Crippen MR) is 78.6 cm³/mol. The van der Waals surface area contributed by atoms with Crippen LogP contribution in [0.3, 0.4) is 0 Å². The summed E-state index contributed by atoms with van der Waals surface area (Å²) in [4.78, 5) is 4.26. The number of ether oxygens (including phenoxy) is 1. The van der Waals surface area contributed by atoms with Gasteiger partial charge in [0.25, 0.3) is 0 Å². The van der Waals surface area contributed by atoms with Crippen LogP contribution >= 0.6 is 0 Å². The lowest BCUT2D eigenvalue weighted by atomic mass is 10.2. The van der Waals surface area contributed by atoms with Crippen molar-refractivity contribution in [1.29, 1.82) is 0 Å². The Morgan fingerprint density at radius 2 is 2.18 bits per heavy atom. The molecule has 4 nitrogen and oxygen atoms in total. The SMILES string of the molecule is CCNC(=NCc1c(F)cccc1OC(F)F)NC1CC1C. The van der Waals surface area contributed by atoms with Crippen molar-refractivity contribution in [3.05, 3.63) is 29.6 Å². The molecule has 2 rings (SSSR count). The average Bonchev–Trinajstić information content (AvgIpc) is 3.13. The number of nitrogens with zero attached hydrogens (tertiary/aromatic N) is 1. The number of halogens is 3. The summed E-state index contributed by atoms with van der Waals surface area (Å²) in [6, 6.07) is 4.20. The van der Waals surface area contributed by atoms with E-state index in [0.29, 0.717) is 24.5 Å². The molecule has 1 saturated carbocycles. The molecule has 0 aromatic heterocycles. The fraction of sp³-hybridized carbons (Fsp3) is 0.533. The highest BCUT2D eigenvalue weighted by Gasteiger charge is 2.33. The van der Waals surface area contributed by atoms with Gasteiger partial charge in [0, 0.05) is 12.6 Å². The maximum absolute atomic E-state index is 13.8. The van der Waals surface area contributed by atoms with E-state index in [-0.39, 0.29) is 17.9 Å². The van der Waals surface area contributed by atoms with Crippen LogP contribution in [0.15, 0.2) is 23.2 Å². The van der Waals surface area contributed by atoms with E-state index in [4.69, 9.17) is 0 Å². The molecule has 2 atom stereocenters. The summed E-state index contributed by atoms with van der Waals surface area (Å²) in [5.74, 6) is 0.324. The molecule has 22 heavy (non-hydrogen) atoms. The van der Waals surface area contributed by atoms with E-state index in [1.807, 2.05) is 6.92 Å². The van der Waals surface area contributed by atoms with Crippen molar-refractivity contribution >= 4 is 5.96 Å². The van der Waals surface area contributed by atoms with Gasteiger partial charge in [-0.25, -0.2) is 9.38 Å². The Morgan fingerprint density at radius 3 is 2.77 bits per heavy atom. The van der Waals surface area contributed by atoms with Crippen LogP contribution in [0.4, 0.5) is 13.2 Å². The second-order valence-corrected chi connectivity index (χ2v) is 5.25. The van der Waals surface area contributed by atoms with Gasteiger partial charge in [0.05, 0.1) is 12.1 Å². The molecule has 1 aliphatic rings. The summed E-state index contributed by atoms with van der Waals surface area (Å²) >= 11 is 0. The standard InChI is InChI=1S/C15H20F3N3O/c1-3-19-15(21-12-7-9(12)2)20-8-10-11(16)5-4-6-13(10)22-14(17)18/h4-6,9,12,14H,3,7-8H2,1-2H3,(H2,19,20,21). The van der Waals surface area contributed by atoms with Gasteiger partial charge in [-0.15, -0.1) is 0 Å². The minimum atomic E-state index is -3.00. The van der Waals surface area contributed by atoms with Gasteiger partial charge in [-0.05, 0) is 31.4 Å². The lowest BCUT2D eigenvalue weighted by Gasteiger charge is -2.13. The highest BCUT2D eigenvalue weighted by Crippen LogP contribution is 2.29. The van der Waals surface area contributed by atoms with Crippen molar-refractivity contribution in [2.45, 2.75) is 39.5 Å². The van der Waals surface area contributed by atoms with Crippen LogP contribution in [0.2, 0.25) is 0 Å². The normalized spacial score (nSPS) is 20.9. The molecule has 0 radical (unpaired) electrons. The van der Waals surface area contributed by atoms with Crippen LogP contribution in [0.1, 0.15) is 25.8 Å². The van der Waals surface area contributed by atoms with Crippen molar-refractivity contribution in [2.75, 3.05) is 6.54 Å². The van der Waals surface area contributed by atoms with Crippen LogP contribution < -0.4 is 15.4 Å². The first-order chi connectivity index (χ1) is 10.5. The van der Waals surface area contributed by atoms with Gasteiger partial charge in [-0.3, -0.25) is 0 Å². The van der Waals surface area contributed by atoms with Gasteiger partial charge in [0.2, 0.25) is 0 Å². The lowest BCUT2D eigenvalue weighted by molar-refractivity contribution is -0.0506. The van der Waals surface area contributed by atoms with Crippen molar-refractivity contribution in [2.24, 2.45) is 10.9 Å². The summed E-state index contributed by atoms with van der Waals surface area (Å²) in [5.41, 5.74) is 0.0175. The maximum Gasteiger partial charge on any atom is 0.387 e. The molecule has 122 valence electrons. The summed E-state index contributed by atoms with van der Waals surface area (Å²) in [5, 5.41) is 6.27. The maximum atomic E-state index is 13.8. The Balaban J connectivity index is 2.11. The quantitative estimate of drug-likeness (QED) is 0.627. The highest BCUT2D eigenvalue weighted by atomic mass is 19.3. The van der Waals surface area contributed by atoms with Crippen molar-refractivity contribution in [3.63, 3.8) is 0 Å². The fourth-order valence-corrected chi connectivity index (χ4v) is 2.08. The Kier molecular flexibility index (Phi) is 5.51. The van der Waals surface area contributed by atoms with E-state index in [1.54, 1.807) is 0 Å².